The van der Waals surface area contributed by atoms with Crippen molar-refractivity contribution in [2.45, 2.75) is 71.5 Å². The average molecular weight is 619 g/mol. The van der Waals surface area contributed by atoms with Gasteiger partial charge in [0.05, 0.1) is 5.58 Å². The van der Waals surface area contributed by atoms with E-state index in [1.165, 1.54) is 64.8 Å². The van der Waals surface area contributed by atoms with Crippen LogP contribution in [0.25, 0.3) is 33.2 Å². The van der Waals surface area contributed by atoms with E-state index in [1.807, 2.05) is 6.20 Å². The van der Waals surface area contributed by atoms with Crippen LogP contribution in [-0.2, 0) is 20.1 Å². The molecule has 1 aliphatic rings. The largest absolute Gasteiger partial charge is 0.501 e. The molecule has 1 radical (unpaired) electrons. The molecule has 1 fully saturated rings. The third kappa shape index (κ3) is 4.13. The van der Waals surface area contributed by atoms with Crippen LogP contribution in [0.4, 0.5) is 0 Å². The molecule has 0 saturated heterocycles. The van der Waals surface area contributed by atoms with Crippen molar-refractivity contribution in [3.63, 3.8) is 0 Å². The van der Waals surface area contributed by atoms with Crippen LogP contribution in [0.3, 0.4) is 0 Å². The molecular formula is C28H32IrNOSi-. The first-order chi connectivity index (χ1) is 14.8. The third-order valence-corrected chi connectivity index (χ3v) is 8.92. The van der Waals surface area contributed by atoms with Gasteiger partial charge in [0.25, 0.3) is 0 Å². The smallest absolute Gasteiger partial charge is 0.120 e. The summed E-state index contributed by atoms with van der Waals surface area (Å²) in [5.74, 6) is 0.689. The summed E-state index contributed by atoms with van der Waals surface area (Å²) >= 11 is 0. The molecule has 1 aliphatic carbocycles. The molecule has 2 heterocycles. The van der Waals surface area contributed by atoms with Gasteiger partial charge in [0, 0.05) is 39.8 Å². The minimum atomic E-state index is -1.59. The fourth-order valence-electron chi connectivity index (χ4n) is 5.28. The van der Waals surface area contributed by atoms with E-state index in [9.17, 15) is 0 Å². The predicted molar refractivity (Wildman–Crippen MR) is 134 cm³/mol. The van der Waals surface area contributed by atoms with Crippen molar-refractivity contribution in [3.8, 4) is 11.3 Å². The van der Waals surface area contributed by atoms with Gasteiger partial charge in [0.15, 0.2) is 0 Å². The van der Waals surface area contributed by atoms with Crippen molar-refractivity contribution in [1.82, 2.24) is 4.98 Å². The Hall–Kier alpha value is -1.74. The van der Waals surface area contributed by atoms with E-state index in [0.717, 1.165) is 22.4 Å². The molecule has 0 spiro atoms. The van der Waals surface area contributed by atoms with Gasteiger partial charge in [-0.25, -0.2) is 0 Å². The van der Waals surface area contributed by atoms with Crippen LogP contribution in [0.15, 0.2) is 40.9 Å². The van der Waals surface area contributed by atoms with Crippen LogP contribution in [0.1, 0.15) is 54.7 Å². The molecule has 0 aliphatic heterocycles. The van der Waals surface area contributed by atoms with Gasteiger partial charge in [-0.1, -0.05) is 67.5 Å². The Morgan fingerprint density at radius 3 is 2.47 bits per heavy atom. The molecule has 32 heavy (non-hydrogen) atoms. The van der Waals surface area contributed by atoms with Gasteiger partial charge in [-0.15, -0.1) is 17.3 Å². The maximum Gasteiger partial charge on any atom is 0.120 e. The van der Waals surface area contributed by atoms with E-state index in [-0.39, 0.29) is 20.1 Å². The zero-order valence-electron chi connectivity index (χ0n) is 19.8. The maximum absolute atomic E-state index is 6.55. The second-order valence-corrected chi connectivity index (χ2v) is 15.4. The molecule has 0 bridgehead atoms. The van der Waals surface area contributed by atoms with Crippen molar-refractivity contribution in [2.75, 3.05) is 0 Å². The number of nitrogens with zero attached hydrogens (tertiary/aromatic N) is 1. The summed E-state index contributed by atoms with van der Waals surface area (Å²) in [4.78, 5) is 4.77. The Morgan fingerprint density at radius 2 is 1.78 bits per heavy atom. The van der Waals surface area contributed by atoms with Crippen molar-refractivity contribution < 1.29 is 24.5 Å². The van der Waals surface area contributed by atoms with Gasteiger partial charge in [-0.2, -0.15) is 0 Å². The van der Waals surface area contributed by atoms with Gasteiger partial charge in [-0.3, -0.25) is 0 Å². The van der Waals surface area contributed by atoms with E-state index >= 15 is 0 Å². The number of fused-ring (bicyclic) bond motifs is 3. The van der Waals surface area contributed by atoms with Gasteiger partial charge < -0.3 is 9.40 Å². The van der Waals surface area contributed by atoms with Crippen LogP contribution >= 0.6 is 0 Å². The fraction of sp³-hybridized carbons (Fsp3) is 0.393. The summed E-state index contributed by atoms with van der Waals surface area (Å²) in [7, 11) is -1.59. The summed E-state index contributed by atoms with van der Waals surface area (Å²) in [6, 6.07) is 14.9. The minimum Gasteiger partial charge on any atom is -0.501 e. The Balaban J connectivity index is 0.00000245. The average Bonchev–Trinajstić information content (AvgIpc) is 3.12. The van der Waals surface area contributed by atoms with Crippen LogP contribution in [-0.4, -0.2) is 13.1 Å². The second-order valence-electron chi connectivity index (χ2n) is 10.4. The Morgan fingerprint density at radius 1 is 1.03 bits per heavy atom. The van der Waals surface area contributed by atoms with Gasteiger partial charge in [-0.05, 0) is 61.6 Å². The van der Waals surface area contributed by atoms with Crippen LogP contribution < -0.4 is 5.19 Å². The van der Waals surface area contributed by atoms with Crippen molar-refractivity contribution in [3.05, 3.63) is 59.3 Å². The number of aromatic nitrogens is 1. The molecule has 5 rings (SSSR count). The molecule has 2 nitrogen and oxygen atoms in total. The first-order valence-electron chi connectivity index (χ1n) is 11.7. The molecule has 0 amide bonds. The normalized spacial score (nSPS) is 15.3. The molecule has 2 aromatic carbocycles. The molecule has 1 saturated carbocycles. The molecule has 4 heteroatoms. The van der Waals surface area contributed by atoms with Gasteiger partial charge >= 0.3 is 0 Å². The Bertz CT molecular complexity index is 1280. The van der Waals surface area contributed by atoms with Crippen molar-refractivity contribution >= 4 is 35.2 Å². The Kier molecular flexibility index (Phi) is 6.51. The van der Waals surface area contributed by atoms with Crippen LogP contribution in [0.5, 0.6) is 0 Å². The first kappa shape index (κ1) is 23.4. The molecular weight excluding hydrogens is 587 g/mol. The van der Waals surface area contributed by atoms with Crippen LogP contribution in [0.2, 0.25) is 19.6 Å². The summed E-state index contributed by atoms with van der Waals surface area (Å²) in [5, 5.41) is 3.99. The predicted octanol–water partition coefficient (Wildman–Crippen LogP) is 7.66. The number of pyridine rings is 1. The molecule has 2 aromatic heterocycles. The van der Waals surface area contributed by atoms with E-state index in [0.29, 0.717) is 5.92 Å². The number of hydrogen-bond donors (Lipinski definition) is 0. The molecule has 0 atom stereocenters. The van der Waals surface area contributed by atoms with Crippen molar-refractivity contribution in [2.24, 2.45) is 0 Å². The number of rotatable bonds is 3. The Labute approximate surface area is 206 Å². The monoisotopic (exact) mass is 619 g/mol. The first-order valence-corrected chi connectivity index (χ1v) is 15.2. The second kappa shape index (κ2) is 8.89. The summed E-state index contributed by atoms with van der Waals surface area (Å²) in [6.07, 6.45) is 8.66. The quantitative estimate of drug-likeness (QED) is 0.174. The van der Waals surface area contributed by atoms with Crippen LogP contribution in [0, 0.1) is 19.9 Å². The SMILES string of the molecule is Cc1cnc(-c2[c-]cc([Si](C)(C)C)c3c2oc2ccc(C4CCCCC4)cc23)c(C)c1.[Ir]. The summed E-state index contributed by atoms with van der Waals surface area (Å²) < 4.78 is 6.55. The summed E-state index contributed by atoms with van der Waals surface area (Å²) in [6.45, 7) is 11.5. The van der Waals surface area contributed by atoms with Gasteiger partial charge in [0.1, 0.15) is 5.58 Å². The zero-order chi connectivity index (χ0) is 21.8. The van der Waals surface area contributed by atoms with E-state index in [1.54, 1.807) is 0 Å². The van der Waals surface area contributed by atoms with Crippen molar-refractivity contribution in [1.29, 1.82) is 0 Å². The third-order valence-electron chi connectivity index (χ3n) is 6.91. The zero-order valence-corrected chi connectivity index (χ0v) is 23.2. The molecule has 0 unspecified atom stereocenters. The van der Waals surface area contributed by atoms with Gasteiger partial charge in [0.2, 0.25) is 0 Å². The molecule has 4 aromatic rings. The number of aryl methyl sites for hydroxylation is 2. The topological polar surface area (TPSA) is 26.0 Å². The maximum atomic E-state index is 6.55. The minimum absolute atomic E-state index is 0. The summed E-state index contributed by atoms with van der Waals surface area (Å²) in [5.41, 5.74) is 7.74. The number of hydrogen-bond acceptors (Lipinski definition) is 2. The molecule has 169 valence electrons. The van der Waals surface area contributed by atoms with E-state index < -0.39 is 8.07 Å². The number of furan rings is 1. The van der Waals surface area contributed by atoms with E-state index in [2.05, 4.69) is 69.9 Å². The van der Waals surface area contributed by atoms with E-state index in [4.69, 9.17) is 9.40 Å². The standard InChI is InChI=1S/C28H32NOSi.Ir/c1-18-15-19(2)27(29-17-18)22-12-14-25(31(3,4)5)26-23-16-21(20-9-7-6-8-10-20)11-13-24(23)30-28(22)26;/h11,13-17,20H,6-10H2,1-5H3;/q-1;. The number of benzene rings is 2. The fourth-order valence-corrected chi connectivity index (χ4v) is 6.78. The molecule has 0 N–H and O–H groups in total.